The van der Waals surface area contributed by atoms with Crippen LogP contribution in [-0.4, -0.2) is 19.3 Å². The van der Waals surface area contributed by atoms with E-state index in [-0.39, 0.29) is 5.41 Å². The van der Waals surface area contributed by atoms with Crippen LogP contribution in [0.1, 0.15) is 96.6 Å². The van der Waals surface area contributed by atoms with Gasteiger partial charge < -0.3 is 14.6 Å². The van der Waals surface area contributed by atoms with Crippen molar-refractivity contribution in [3.8, 4) is 11.5 Å². The summed E-state index contributed by atoms with van der Waals surface area (Å²) in [6, 6.07) is 4.27. The summed E-state index contributed by atoms with van der Waals surface area (Å²) in [7, 11) is 3.40. The molecule has 1 N–H and O–H groups in total. The lowest BCUT2D eigenvalue weighted by molar-refractivity contribution is -0.0214. The number of ether oxygens (including phenoxy) is 2. The van der Waals surface area contributed by atoms with Crippen LogP contribution >= 0.6 is 0 Å². The molecule has 154 valence electrons. The van der Waals surface area contributed by atoms with Gasteiger partial charge >= 0.3 is 0 Å². The Hall–Kier alpha value is -1.22. The van der Waals surface area contributed by atoms with Crippen molar-refractivity contribution in [1.82, 2.24) is 0 Å². The highest BCUT2D eigenvalue weighted by Gasteiger charge is 2.40. The van der Waals surface area contributed by atoms with Gasteiger partial charge in [-0.05, 0) is 54.7 Å². The van der Waals surface area contributed by atoms with E-state index in [1.54, 1.807) is 14.2 Å². The van der Waals surface area contributed by atoms with E-state index in [0.29, 0.717) is 5.92 Å². The first-order valence-electron chi connectivity index (χ1n) is 10.8. The first kappa shape index (κ1) is 22.1. The normalized spacial score (nSPS) is 23.3. The van der Waals surface area contributed by atoms with Gasteiger partial charge in [-0.25, -0.2) is 0 Å². The fourth-order valence-electron chi connectivity index (χ4n) is 4.65. The third kappa shape index (κ3) is 5.19. The number of unbranched alkanes of at least 4 members (excludes halogenated alkanes) is 3. The topological polar surface area (TPSA) is 38.7 Å². The lowest BCUT2D eigenvalue weighted by Gasteiger charge is -2.38. The van der Waals surface area contributed by atoms with E-state index < -0.39 is 5.60 Å². The maximum absolute atomic E-state index is 11.5. The van der Waals surface area contributed by atoms with Crippen molar-refractivity contribution >= 4 is 0 Å². The van der Waals surface area contributed by atoms with Gasteiger partial charge in [0.05, 0.1) is 25.4 Å². The Morgan fingerprint density at radius 1 is 1.11 bits per heavy atom. The summed E-state index contributed by atoms with van der Waals surface area (Å²) in [5.74, 6) is 2.04. The fourth-order valence-corrected chi connectivity index (χ4v) is 4.65. The van der Waals surface area contributed by atoms with Gasteiger partial charge in [-0.2, -0.15) is 0 Å². The van der Waals surface area contributed by atoms with Gasteiger partial charge in [0.1, 0.15) is 11.5 Å². The van der Waals surface area contributed by atoms with Crippen LogP contribution in [0.15, 0.2) is 12.1 Å². The fraction of sp³-hybridized carbons (Fsp3) is 0.750. The monoisotopic (exact) mass is 376 g/mol. The molecule has 0 radical (unpaired) electrons. The molecule has 0 bridgehead atoms. The van der Waals surface area contributed by atoms with Crippen LogP contribution in [0.5, 0.6) is 11.5 Å². The Morgan fingerprint density at radius 3 is 2.26 bits per heavy atom. The second kappa shape index (κ2) is 9.32. The Balaban J connectivity index is 2.38. The summed E-state index contributed by atoms with van der Waals surface area (Å²) < 4.78 is 11.6. The number of methoxy groups -OCH3 is 2. The van der Waals surface area contributed by atoms with Crippen LogP contribution < -0.4 is 9.47 Å². The largest absolute Gasteiger partial charge is 0.496 e. The summed E-state index contributed by atoms with van der Waals surface area (Å²) in [5, 5.41) is 11.5. The summed E-state index contributed by atoms with van der Waals surface area (Å²) >= 11 is 0. The zero-order valence-electron chi connectivity index (χ0n) is 18.4. The van der Waals surface area contributed by atoms with Crippen molar-refractivity contribution in [1.29, 1.82) is 0 Å². The van der Waals surface area contributed by atoms with Crippen molar-refractivity contribution in [2.24, 2.45) is 5.92 Å². The number of aliphatic hydroxyl groups is 1. The van der Waals surface area contributed by atoms with E-state index in [2.05, 4.69) is 39.8 Å². The van der Waals surface area contributed by atoms with Gasteiger partial charge in [-0.3, -0.25) is 0 Å². The second-order valence-corrected chi connectivity index (χ2v) is 9.18. The lowest BCUT2D eigenvalue weighted by Crippen LogP contribution is -2.33. The molecule has 0 unspecified atom stereocenters. The molecule has 0 aromatic heterocycles. The van der Waals surface area contributed by atoms with Crippen molar-refractivity contribution in [2.75, 3.05) is 14.2 Å². The van der Waals surface area contributed by atoms with Crippen LogP contribution in [0.2, 0.25) is 0 Å². The minimum absolute atomic E-state index is 0.0509. The summed E-state index contributed by atoms with van der Waals surface area (Å²) in [6.45, 7) is 9.06. The van der Waals surface area contributed by atoms with E-state index in [1.807, 2.05) is 0 Å². The minimum atomic E-state index is -0.863. The van der Waals surface area contributed by atoms with E-state index in [1.165, 1.54) is 37.7 Å². The van der Waals surface area contributed by atoms with Crippen LogP contribution in [0.25, 0.3) is 0 Å². The quantitative estimate of drug-likeness (QED) is 0.510. The minimum Gasteiger partial charge on any atom is -0.496 e. The molecular formula is C24H40O3. The zero-order chi connectivity index (χ0) is 20.1. The molecule has 1 saturated carbocycles. The zero-order valence-corrected chi connectivity index (χ0v) is 18.4. The molecule has 2 rings (SSSR count). The Morgan fingerprint density at radius 2 is 1.74 bits per heavy atom. The SMILES string of the molecule is CCCCCCC(C)(C)c1cc(OC)c([C@]2(O)CCC[C@@H](C)C2)c(OC)c1. The predicted octanol–water partition coefficient (Wildman–Crippen LogP) is 6.35. The highest BCUT2D eigenvalue weighted by atomic mass is 16.5. The number of hydrogen-bond donors (Lipinski definition) is 1. The molecule has 0 amide bonds. The maximum atomic E-state index is 11.5. The summed E-state index contributed by atoms with van der Waals surface area (Å²) in [4.78, 5) is 0. The molecule has 0 heterocycles. The standard InChI is InChI=1S/C24H40O3/c1-7-8-9-10-13-23(3,4)19-15-20(26-5)22(21(16-19)27-6)24(25)14-11-12-18(2)17-24/h15-16,18,25H,7-14,17H2,1-6H3/t18-,24+/m1/s1. The van der Waals surface area contributed by atoms with Gasteiger partial charge in [0.2, 0.25) is 0 Å². The van der Waals surface area contributed by atoms with Crippen LogP contribution in [0.4, 0.5) is 0 Å². The van der Waals surface area contributed by atoms with E-state index >= 15 is 0 Å². The predicted molar refractivity (Wildman–Crippen MR) is 113 cm³/mol. The van der Waals surface area contributed by atoms with Gasteiger partial charge in [-0.15, -0.1) is 0 Å². The highest BCUT2D eigenvalue weighted by molar-refractivity contribution is 5.53. The number of benzene rings is 1. The molecular weight excluding hydrogens is 336 g/mol. The maximum Gasteiger partial charge on any atom is 0.128 e. The van der Waals surface area contributed by atoms with Crippen molar-refractivity contribution in [3.63, 3.8) is 0 Å². The summed E-state index contributed by atoms with van der Waals surface area (Å²) in [6.07, 6.45) is 9.95. The van der Waals surface area contributed by atoms with Gasteiger partial charge in [0, 0.05) is 0 Å². The Bertz CT molecular complexity index is 583. The molecule has 3 heteroatoms. The third-order valence-electron chi connectivity index (χ3n) is 6.38. The van der Waals surface area contributed by atoms with Crippen molar-refractivity contribution in [3.05, 3.63) is 23.3 Å². The highest BCUT2D eigenvalue weighted by Crippen LogP contribution is 2.49. The molecule has 1 aromatic carbocycles. The number of rotatable bonds is 9. The molecule has 0 saturated heterocycles. The Kier molecular flexibility index (Phi) is 7.62. The van der Waals surface area contributed by atoms with Crippen LogP contribution in [0, 0.1) is 5.92 Å². The van der Waals surface area contributed by atoms with Gasteiger partial charge in [0.15, 0.2) is 0 Å². The molecule has 1 aromatic rings. The molecule has 3 nitrogen and oxygen atoms in total. The molecule has 2 atom stereocenters. The van der Waals surface area contributed by atoms with Gasteiger partial charge in [-0.1, -0.05) is 59.8 Å². The van der Waals surface area contributed by atoms with Crippen LogP contribution in [-0.2, 0) is 11.0 Å². The Labute approximate surface area is 166 Å². The first-order chi connectivity index (χ1) is 12.8. The smallest absolute Gasteiger partial charge is 0.128 e. The third-order valence-corrected chi connectivity index (χ3v) is 6.38. The lowest BCUT2D eigenvalue weighted by atomic mass is 9.73. The van der Waals surface area contributed by atoms with E-state index in [4.69, 9.17) is 9.47 Å². The number of hydrogen-bond acceptors (Lipinski definition) is 3. The average molecular weight is 377 g/mol. The van der Waals surface area contributed by atoms with Gasteiger partial charge in [0.25, 0.3) is 0 Å². The molecule has 0 spiro atoms. The van der Waals surface area contributed by atoms with E-state index in [9.17, 15) is 5.11 Å². The average Bonchev–Trinajstić information content (AvgIpc) is 2.63. The molecule has 1 fully saturated rings. The van der Waals surface area contributed by atoms with E-state index in [0.717, 1.165) is 42.7 Å². The first-order valence-corrected chi connectivity index (χ1v) is 10.8. The molecule has 1 aliphatic rings. The van der Waals surface area contributed by atoms with Crippen LogP contribution in [0.3, 0.4) is 0 Å². The molecule has 27 heavy (non-hydrogen) atoms. The molecule has 1 aliphatic carbocycles. The second-order valence-electron chi connectivity index (χ2n) is 9.18. The summed E-state index contributed by atoms with van der Waals surface area (Å²) in [5.41, 5.74) is 1.25. The van der Waals surface area contributed by atoms with Crippen molar-refractivity contribution < 1.29 is 14.6 Å². The molecule has 0 aliphatic heterocycles. The van der Waals surface area contributed by atoms with Crippen molar-refractivity contribution in [2.45, 2.75) is 96.5 Å².